The van der Waals surface area contributed by atoms with Gasteiger partial charge < -0.3 is 16.2 Å². The van der Waals surface area contributed by atoms with Gasteiger partial charge >= 0.3 is 0 Å². The van der Waals surface area contributed by atoms with Crippen LogP contribution in [-0.2, 0) is 9.59 Å². The van der Waals surface area contributed by atoms with Crippen molar-refractivity contribution in [3.63, 3.8) is 0 Å². The van der Waals surface area contributed by atoms with Crippen LogP contribution >= 0.6 is 0 Å². The fourth-order valence-electron chi connectivity index (χ4n) is 0.573. The van der Waals surface area contributed by atoms with Gasteiger partial charge in [0.05, 0.1) is 0 Å². The Hall–Kier alpha value is -1.10. The van der Waals surface area contributed by atoms with Crippen LogP contribution in [0.1, 0.15) is 13.3 Å². The monoisotopic (exact) mass is 174 g/mol. The molecule has 1 atom stereocenters. The van der Waals surface area contributed by atoms with Crippen LogP contribution in [0.3, 0.4) is 0 Å². The maximum Gasteiger partial charge on any atom is 0.232 e. The number of aliphatic hydroxyl groups excluding tert-OH is 1. The molecule has 4 N–H and O–H groups in total. The lowest BCUT2D eigenvalue weighted by Crippen LogP contribution is -2.37. The number of carbonyl (C=O) groups is 2. The van der Waals surface area contributed by atoms with Crippen LogP contribution in [0, 0.1) is 5.92 Å². The third kappa shape index (κ3) is 3.92. The van der Waals surface area contributed by atoms with E-state index >= 15 is 0 Å². The van der Waals surface area contributed by atoms with Crippen LogP contribution in [0.5, 0.6) is 0 Å². The number of hydrogen-bond acceptors (Lipinski definition) is 3. The molecule has 0 fully saturated rings. The van der Waals surface area contributed by atoms with Gasteiger partial charge in [-0.25, -0.2) is 0 Å². The molecule has 0 aliphatic carbocycles. The summed E-state index contributed by atoms with van der Waals surface area (Å²) in [6.07, 6.45) is 0.483. The second kappa shape index (κ2) is 5.54. The van der Waals surface area contributed by atoms with Crippen LogP contribution in [0.4, 0.5) is 0 Å². The van der Waals surface area contributed by atoms with Gasteiger partial charge in [0.25, 0.3) is 0 Å². The van der Waals surface area contributed by atoms with E-state index in [4.69, 9.17) is 10.8 Å². The van der Waals surface area contributed by atoms with Crippen LogP contribution in [0.15, 0.2) is 0 Å². The number of hydrogen-bond donors (Lipinski definition) is 3. The first-order chi connectivity index (χ1) is 5.59. The van der Waals surface area contributed by atoms with Crippen molar-refractivity contribution in [3.8, 4) is 0 Å². The van der Waals surface area contributed by atoms with Gasteiger partial charge in [-0.2, -0.15) is 0 Å². The van der Waals surface area contributed by atoms with E-state index < -0.39 is 17.7 Å². The van der Waals surface area contributed by atoms with Crippen molar-refractivity contribution in [1.82, 2.24) is 5.32 Å². The summed E-state index contributed by atoms with van der Waals surface area (Å²) in [5.74, 6) is -1.84. The minimum atomic E-state index is -0.802. The van der Waals surface area contributed by atoms with Crippen molar-refractivity contribution in [2.45, 2.75) is 13.3 Å². The summed E-state index contributed by atoms with van der Waals surface area (Å²) in [5, 5.41) is 10.8. The zero-order valence-electron chi connectivity index (χ0n) is 7.04. The summed E-state index contributed by atoms with van der Waals surface area (Å²) >= 11 is 0. The minimum absolute atomic E-state index is 0.0191. The molecular weight excluding hydrogens is 160 g/mol. The van der Waals surface area contributed by atoms with Gasteiger partial charge in [0.2, 0.25) is 11.8 Å². The summed E-state index contributed by atoms with van der Waals surface area (Å²) < 4.78 is 0. The maximum absolute atomic E-state index is 11.0. The Bertz CT molecular complexity index is 170. The van der Waals surface area contributed by atoms with E-state index in [1.54, 1.807) is 0 Å². The molecular formula is C7H14N2O3. The zero-order valence-corrected chi connectivity index (χ0v) is 7.04. The molecule has 0 aromatic carbocycles. The molecule has 0 radical (unpaired) electrons. The largest absolute Gasteiger partial charge is 0.396 e. The van der Waals surface area contributed by atoms with Crippen LogP contribution in [0.25, 0.3) is 0 Å². The van der Waals surface area contributed by atoms with E-state index in [9.17, 15) is 9.59 Å². The molecule has 1 unspecified atom stereocenters. The number of primary amides is 1. The molecule has 2 amide bonds. The Morgan fingerprint density at radius 3 is 2.58 bits per heavy atom. The highest BCUT2D eigenvalue weighted by atomic mass is 16.3. The van der Waals surface area contributed by atoms with E-state index in [0.717, 1.165) is 0 Å². The first-order valence-corrected chi connectivity index (χ1v) is 3.77. The van der Waals surface area contributed by atoms with E-state index in [1.165, 1.54) is 6.92 Å². The molecule has 0 saturated carbocycles. The Morgan fingerprint density at radius 1 is 1.58 bits per heavy atom. The molecule has 0 aliphatic rings. The van der Waals surface area contributed by atoms with Crippen LogP contribution < -0.4 is 11.1 Å². The predicted molar refractivity (Wildman–Crippen MR) is 43.1 cm³/mol. The number of carbonyl (C=O) groups excluding carboxylic acids is 2. The molecule has 5 nitrogen and oxygen atoms in total. The quantitative estimate of drug-likeness (QED) is 0.354. The maximum atomic E-state index is 11.0. The Labute approximate surface area is 70.9 Å². The van der Waals surface area contributed by atoms with Gasteiger partial charge in [0, 0.05) is 13.2 Å². The number of nitrogens with one attached hydrogen (secondary N) is 1. The summed E-state index contributed by atoms with van der Waals surface area (Å²) in [7, 11) is 0. The number of aliphatic hydroxyl groups is 1. The molecule has 5 heteroatoms. The highest BCUT2D eigenvalue weighted by molar-refractivity contribution is 5.99. The first kappa shape index (κ1) is 10.9. The normalized spacial score (nSPS) is 12.2. The van der Waals surface area contributed by atoms with Gasteiger partial charge in [-0.05, 0) is 13.3 Å². The van der Waals surface area contributed by atoms with Crippen molar-refractivity contribution in [2.75, 3.05) is 13.2 Å². The van der Waals surface area contributed by atoms with Gasteiger partial charge in [-0.3, -0.25) is 9.59 Å². The number of nitrogens with two attached hydrogens (primary N) is 1. The summed E-state index contributed by atoms with van der Waals surface area (Å²) in [5.41, 5.74) is 4.89. The fraction of sp³-hybridized carbons (Fsp3) is 0.714. The van der Waals surface area contributed by atoms with E-state index in [-0.39, 0.29) is 6.61 Å². The van der Waals surface area contributed by atoms with E-state index in [2.05, 4.69) is 5.32 Å². The summed E-state index contributed by atoms with van der Waals surface area (Å²) in [6.45, 7) is 1.83. The second-order valence-electron chi connectivity index (χ2n) is 2.49. The SMILES string of the molecule is CC(C(N)=O)C(=O)NCCCO. The van der Waals surface area contributed by atoms with Gasteiger partial charge in [0.1, 0.15) is 5.92 Å². The molecule has 0 bridgehead atoms. The molecule has 0 saturated heterocycles. The van der Waals surface area contributed by atoms with Gasteiger partial charge in [0.15, 0.2) is 0 Å². The third-order valence-electron chi connectivity index (χ3n) is 1.45. The first-order valence-electron chi connectivity index (χ1n) is 3.77. The fourth-order valence-corrected chi connectivity index (χ4v) is 0.573. The van der Waals surface area contributed by atoms with Crippen molar-refractivity contribution in [3.05, 3.63) is 0 Å². The Morgan fingerprint density at radius 2 is 2.17 bits per heavy atom. The molecule has 0 aromatic heterocycles. The average Bonchev–Trinajstić information content (AvgIpc) is 2.03. The summed E-state index contributed by atoms with van der Waals surface area (Å²) in [4.78, 5) is 21.5. The molecule has 0 aliphatic heterocycles. The minimum Gasteiger partial charge on any atom is -0.396 e. The Kier molecular flexibility index (Phi) is 5.03. The predicted octanol–water partition coefficient (Wildman–Crippen LogP) is -1.39. The van der Waals surface area contributed by atoms with Crippen molar-refractivity contribution < 1.29 is 14.7 Å². The molecule has 0 spiro atoms. The van der Waals surface area contributed by atoms with Crippen molar-refractivity contribution >= 4 is 11.8 Å². The second-order valence-corrected chi connectivity index (χ2v) is 2.49. The molecule has 0 aromatic rings. The standard InChI is InChI=1S/C7H14N2O3/c1-5(6(8)11)7(12)9-3-2-4-10/h5,10H,2-4H2,1H3,(H2,8,11)(H,9,12). The number of rotatable bonds is 5. The zero-order chi connectivity index (χ0) is 9.56. The lowest BCUT2D eigenvalue weighted by Gasteiger charge is -2.07. The van der Waals surface area contributed by atoms with Crippen LogP contribution in [-0.4, -0.2) is 30.1 Å². The lowest BCUT2D eigenvalue weighted by molar-refractivity contribution is -0.132. The summed E-state index contributed by atoms with van der Waals surface area (Å²) in [6, 6.07) is 0. The van der Waals surface area contributed by atoms with E-state index in [0.29, 0.717) is 13.0 Å². The highest BCUT2D eigenvalue weighted by Gasteiger charge is 2.17. The molecule has 0 rings (SSSR count). The molecule has 0 heterocycles. The molecule has 70 valence electrons. The topological polar surface area (TPSA) is 92.4 Å². The Balaban J connectivity index is 3.65. The smallest absolute Gasteiger partial charge is 0.232 e. The van der Waals surface area contributed by atoms with E-state index in [1.807, 2.05) is 0 Å². The highest BCUT2D eigenvalue weighted by Crippen LogP contribution is 1.91. The molecule has 12 heavy (non-hydrogen) atoms. The average molecular weight is 174 g/mol. The number of amides is 2. The van der Waals surface area contributed by atoms with Gasteiger partial charge in [-0.15, -0.1) is 0 Å². The van der Waals surface area contributed by atoms with Gasteiger partial charge in [-0.1, -0.05) is 0 Å². The lowest BCUT2D eigenvalue weighted by atomic mass is 10.1. The van der Waals surface area contributed by atoms with Crippen molar-refractivity contribution in [2.24, 2.45) is 11.7 Å². The van der Waals surface area contributed by atoms with Crippen molar-refractivity contribution in [1.29, 1.82) is 0 Å². The van der Waals surface area contributed by atoms with Crippen LogP contribution in [0.2, 0.25) is 0 Å². The third-order valence-corrected chi connectivity index (χ3v) is 1.45.